The van der Waals surface area contributed by atoms with Crippen LogP contribution in [0.5, 0.6) is 0 Å². The van der Waals surface area contributed by atoms with Crippen LogP contribution in [-0.2, 0) is 0 Å². The molecule has 0 saturated carbocycles. The van der Waals surface area contributed by atoms with Crippen molar-refractivity contribution in [1.29, 1.82) is 0 Å². The van der Waals surface area contributed by atoms with Gasteiger partial charge in [-0.2, -0.15) is 0 Å². The standard InChI is InChI=1S/C25H22FN3O2S/c1-15-13-16(7-9-20(15)26)23(31)22-19-8-10-21(30)29(18-5-3-2-4-6-18)25(19)32-24(22)28-17-11-12-27-14-17/h2-10,13,17,27-28H,11-12,14H2,1H3/t17-/m0/s1. The van der Waals surface area contributed by atoms with Gasteiger partial charge in [-0.05, 0) is 61.9 Å². The number of nitrogens with zero attached hydrogens (tertiary/aromatic N) is 1. The monoisotopic (exact) mass is 447 g/mol. The third-order valence-corrected chi connectivity index (χ3v) is 6.92. The number of hydrogen-bond donors (Lipinski definition) is 2. The van der Waals surface area contributed by atoms with E-state index < -0.39 is 0 Å². The SMILES string of the molecule is Cc1cc(C(=O)c2c(N[C@H]3CCNC3)sc3c2ccc(=O)n3-c2ccccc2)ccc1F. The van der Waals surface area contributed by atoms with E-state index in [1.807, 2.05) is 30.3 Å². The Bertz CT molecular complexity index is 1370. The summed E-state index contributed by atoms with van der Waals surface area (Å²) in [6.07, 6.45) is 0.947. The topological polar surface area (TPSA) is 63.1 Å². The number of aryl methyl sites for hydroxylation is 1. The summed E-state index contributed by atoms with van der Waals surface area (Å²) in [6.45, 7) is 3.37. The Kier molecular flexibility index (Phi) is 5.36. The van der Waals surface area contributed by atoms with Gasteiger partial charge in [-0.1, -0.05) is 29.5 Å². The number of carbonyl (C=O) groups excluding carboxylic acids is 1. The van der Waals surface area contributed by atoms with Gasteiger partial charge in [0.05, 0.1) is 11.3 Å². The lowest BCUT2D eigenvalue weighted by atomic mass is 10.0. The molecule has 1 saturated heterocycles. The minimum absolute atomic E-state index is 0.157. The molecule has 3 heterocycles. The van der Waals surface area contributed by atoms with Crippen LogP contribution in [-0.4, -0.2) is 29.5 Å². The van der Waals surface area contributed by atoms with Crippen LogP contribution in [0.25, 0.3) is 15.9 Å². The smallest absolute Gasteiger partial charge is 0.256 e. The second kappa shape index (κ2) is 8.33. The summed E-state index contributed by atoms with van der Waals surface area (Å²) < 4.78 is 15.5. The maximum absolute atomic E-state index is 13.8. The predicted octanol–water partition coefficient (Wildman–Crippen LogP) is 4.50. The van der Waals surface area contributed by atoms with Crippen LogP contribution in [0.15, 0.2) is 65.5 Å². The van der Waals surface area contributed by atoms with E-state index in [4.69, 9.17) is 0 Å². The number of fused-ring (bicyclic) bond motifs is 1. The maximum Gasteiger partial charge on any atom is 0.256 e. The van der Waals surface area contributed by atoms with Gasteiger partial charge in [-0.3, -0.25) is 14.2 Å². The number of hydrogen-bond acceptors (Lipinski definition) is 5. The van der Waals surface area contributed by atoms with E-state index in [2.05, 4.69) is 10.6 Å². The molecule has 1 atom stereocenters. The van der Waals surface area contributed by atoms with Crippen LogP contribution in [0.3, 0.4) is 0 Å². The van der Waals surface area contributed by atoms with Crippen molar-refractivity contribution in [2.24, 2.45) is 0 Å². The first-order chi connectivity index (χ1) is 15.5. The maximum atomic E-state index is 13.8. The number of pyridine rings is 1. The molecule has 5 nitrogen and oxygen atoms in total. The molecule has 2 aromatic heterocycles. The minimum Gasteiger partial charge on any atom is -0.372 e. The number of anilines is 1. The normalized spacial score (nSPS) is 15.9. The molecule has 7 heteroatoms. The number of thiophene rings is 1. The molecule has 0 bridgehead atoms. The van der Waals surface area contributed by atoms with Gasteiger partial charge in [0, 0.05) is 29.6 Å². The summed E-state index contributed by atoms with van der Waals surface area (Å²) >= 11 is 1.41. The first kappa shape index (κ1) is 20.6. The molecule has 5 rings (SSSR count). The van der Waals surface area contributed by atoms with Crippen LogP contribution in [0.1, 0.15) is 27.9 Å². The van der Waals surface area contributed by atoms with E-state index in [-0.39, 0.29) is 23.2 Å². The predicted molar refractivity (Wildman–Crippen MR) is 127 cm³/mol. The fourth-order valence-corrected chi connectivity index (χ4v) is 5.41. The summed E-state index contributed by atoms with van der Waals surface area (Å²) in [6, 6.07) is 17.2. The summed E-state index contributed by atoms with van der Waals surface area (Å²) in [5.74, 6) is -0.531. The zero-order valence-corrected chi connectivity index (χ0v) is 18.3. The number of para-hydroxylation sites is 1. The molecular formula is C25H22FN3O2S. The highest BCUT2D eigenvalue weighted by Crippen LogP contribution is 2.38. The zero-order valence-electron chi connectivity index (χ0n) is 17.5. The van der Waals surface area contributed by atoms with E-state index in [9.17, 15) is 14.0 Å². The zero-order chi connectivity index (χ0) is 22.2. The lowest BCUT2D eigenvalue weighted by Gasteiger charge is -2.13. The van der Waals surface area contributed by atoms with Gasteiger partial charge in [-0.15, -0.1) is 0 Å². The van der Waals surface area contributed by atoms with Crippen molar-refractivity contribution in [2.45, 2.75) is 19.4 Å². The first-order valence-corrected chi connectivity index (χ1v) is 11.4. The molecule has 1 aliphatic heterocycles. The van der Waals surface area contributed by atoms with Crippen molar-refractivity contribution >= 4 is 32.3 Å². The van der Waals surface area contributed by atoms with Crippen molar-refractivity contribution in [1.82, 2.24) is 9.88 Å². The number of halogens is 1. The quantitative estimate of drug-likeness (QED) is 0.442. The van der Waals surface area contributed by atoms with Crippen LogP contribution < -0.4 is 16.2 Å². The van der Waals surface area contributed by atoms with Crippen LogP contribution >= 0.6 is 11.3 Å². The third kappa shape index (κ3) is 3.63. The van der Waals surface area contributed by atoms with Crippen molar-refractivity contribution < 1.29 is 9.18 Å². The molecule has 2 N–H and O–H groups in total. The molecule has 1 aliphatic rings. The number of benzene rings is 2. The Morgan fingerprint density at radius 3 is 2.69 bits per heavy atom. The van der Waals surface area contributed by atoms with E-state index in [1.54, 1.807) is 23.6 Å². The van der Waals surface area contributed by atoms with Crippen molar-refractivity contribution in [3.05, 3.63) is 93.5 Å². The summed E-state index contributed by atoms with van der Waals surface area (Å²) in [5.41, 5.74) is 1.96. The number of aromatic nitrogens is 1. The second-order valence-corrected chi connectivity index (χ2v) is 8.99. The van der Waals surface area contributed by atoms with Gasteiger partial charge in [-0.25, -0.2) is 4.39 Å². The van der Waals surface area contributed by atoms with E-state index >= 15 is 0 Å². The molecule has 32 heavy (non-hydrogen) atoms. The van der Waals surface area contributed by atoms with Gasteiger partial charge in [0.1, 0.15) is 15.6 Å². The van der Waals surface area contributed by atoms with Crippen LogP contribution in [0.2, 0.25) is 0 Å². The van der Waals surface area contributed by atoms with Gasteiger partial charge < -0.3 is 10.6 Å². The minimum atomic E-state index is -0.343. The number of rotatable bonds is 5. The average molecular weight is 448 g/mol. The molecule has 0 aliphatic carbocycles. The Morgan fingerprint density at radius 1 is 1.16 bits per heavy atom. The highest BCUT2D eigenvalue weighted by molar-refractivity contribution is 7.23. The second-order valence-electron chi connectivity index (χ2n) is 7.99. The van der Waals surface area contributed by atoms with Crippen LogP contribution in [0, 0.1) is 12.7 Å². The van der Waals surface area contributed by atoms with Crippen molar-refractivity contribution in [3.8, 4) is 5.69 Å². The Labute approximate surface area is 188 Å². The van der Waals surface area contributed by atoms with Gasteiger partial charge >= 0.3 is 0 Å². The number of carbonyl (C=O) groups is 1. The molecule has 0 unspecified atom stereocenters. The van der Waals surface area contributed by atoms with Crippen molar-refractivity contribution in [3.63, 3.8) is 0 Å². The molecule has 1 fully saturated rings. The lowest BCUT2D eigenvalue weighted by Crippen LogP contribution is -2.22. The summed E-state index contributed by atoms with van der Waals surface area (Å²) in [4.78, 5) is 27.2. The highest BCUT2D eigenvalue weighted by atomic mass is 32.1. The molecular weight excluding hydrogens is 425 g/mol. The Morgan fingerprint density at radius 2 is 1.97 bits per heavy atom. The molecule has 0 amide bonds. The highest BCUT2D eigenvalue weighted by Gasteiger charge is 2.25. The fraction of sp³-hybridized carbons (Fsp3) is 0.200. The van der Waals surface area contributed by atoms with E-state index in [0.29, 0.717) is 26.9 Å². The van der Waals surface area contributed by atoms with Crippen molar-refractivity contribution in [2.75, 3.05) is 18.4 Å². The molecule has 2 aromatic carbocycles. The lowest BCUT2D eigenvalue weighted by molar-refractivity contribution is 0.104. The van der Waals surface area contributed by atoms with E-state index in [0.717, 1.165) is 30.2 Å². The number of nitrogens with one attached hydrogen (secondary N) is 2. The van der Waals surface area contributed by atoms with Gasteiger partial charge in [0.2, 0.25) is 0 Å². The van der Waals surface area contributed by atoms with Crippen LogP contribution in [0.4, 0.5) is 9.39 Å². The Hall–Kier alpha value is -3.29. The number of ketones is 1. The molecule has 4 aromatic rings. The fourth-order valence-electron chi connectivity index (χ4n) is 4.12. The third-order valence-electron chi connectivity index (χ3n) is 5.80. The molecule has 0 radical (unpaired) electrons. The first-order valence-electron chi connectivity index (χ1n) is 10.5. The largest absolute Gasteiger partial charge is 0.372 e. The summed E-state index contributed by atoms with van der Waals surface area (Å²) in [5, 5.41) is 8.29. The average Bonchev–Trinajstić information content (AvgIpc) is 3.43. The Balaban J connectivity index is 1.73. The molecule has 162 valence electrons. The molecule has 0 spiro atoms. The van der Waals surface area contributed by atoms with Gasteiger partial charge in [0.15, 0.2) is 5.78 Å². The van der Waals surface area contributed by atoms with E-state index in [1.165, 1.54) is 29.5 Å². The summed E-state index contributed by atoms with van der Waals surface area (Å²) in [7, 11) is 0. The van der Waals surface area contributed by atoms with Gasteiger partial charge in [0.25, 0.3) is 5.56 Å².